The second-order valence-corrected chi connectivity index (χ2v) is 5.73. The fraction of sp³-hybridized carbons (Fsp3) is 0.364. The van der Waals surface area contributed by atoms with Gasteiger partial charge in [-0.2, -0.15) is 5.21 Å². The van der Waals surface area contributed by atoms with Gasteiger partial charge in [0.1, 0.15) is 12.4 Å². The van der Waals surface area contributed by atoms with Crippen molar-refractivity contribution in [2.75, 3.05) is 20.3 Å². The molecular weight excluding hydrogens is 298 g/mol. The molecule has 0 aliphatic rings. The average Bonchev–Trinajstić information content (AvgIpc) is 3.00. The van der Waals surface area contributed by atoms with Crippen molar-refractivity contribution >= 4 is 10.0 Å². The Labute approximate surface area is 121 Å². The number of aromatic nitrogens is 4. The molecule has 0 fully saturated rings. The monoisotopic (exact) mass is 313 g/mol. The minimum atomic E-state index is -3.63. The Balaban J connectivity index is 1.96. The molecule has 9 nitrogen and oxygen atoms in total. The predicted molar refractivity (Wildman–Crippen MR) is 72.0 cm³/mol. The minimum absolute atomic E-state index is 0.0368. The van der Waals surface area contributed by atoms with Crippen molar-refractivity contribution in [2.24, 2.45) is 0 Å². The van der Waals surface area contributed by atoms with Crippen LogP contribution in [-0.2, 0) is 21.3 Å². The lowest BCUT2D eigenvalue weighted by Gasteiger charge is -2.07. The molecule has 0 amide bonds. The number of nitrogens with one attached hydrogen (secondary N) is 2. The molecule has 21 heavy (non-hydrogen) atoms. The van der Waals surface area contributed by atoms with Crippen molar-refractivity contribution < 1.29 is 17.9 Å². The number of H-pyrrole nitrogens is 1. The van der Waals surface area contributed by atoms with Crippen molar-refractivity contribution in [3.63, 3.8) is 0 Å². The maximum absolute atomic E-state index is 12.0. The van der Waals surface area contributed by atoms with Crippen LogP contribution >= 0.6 is 0 Å². The van der Waals surface area contributed by atoms with Crippen molar-refractivity contribution in [1.29, 1.82) is 0 Å². The fourth-order valence-electron chi connectivity index (χ4n) is 1.46. The van der Waals surface area contributed by atoms with Gasteiger partial charge in [-0.15, -0.1) is 10.2 Å². The van der Waals surface area contributed by atoms with Crippen molar-refractivity contribution in [1.82, 2.24) is 25.3 Å². The summed E-state index contributed by atoms with van der Waals surface area (Å²) in [5, 5.41) is 12.9. The highest BCUT2D eigenvalue weighted by atomic mass is 32.2. The van der Waals surface area contributed by atoms with Crippen LogP contribution in [0.25, 0.3) is 0 Å². The second kappa shape index (κ2) is 7.11. The van der Waals surface area contributed by atoms with Crippen LogP contribution in [-0.4, -0.2) is 49.4 Å². The largest absolute Gasteiger partial charge is 0.491 e. The first-order valence-corrected chi connectivity index (χ1v) is 7.54. The smallest absolute Gasteiger partial charge is 0.240 e. The van der Waals surface area contributed by atoms with Crippen LogP contribution < -0.4 is 9.46 Å². The van der Waals surface area contributed by atoms with Gasteiger partial charge < -0.3 is 9.47 Å². The lowest BCUT2D eigenvalue weighted by Crippen LogP contribution is -2.23. The van der Waals surface area contributed by atoms with E-state index < -0.39 is 10.0 Å². The van der Waals surface area contributed by atoms with Gasteiger partial charge >= 0.3 is 0 Å². The Morgan fingerprint density at radius 1 is 1.24 bits per heavy atom. The van der Waals surface area contributed by atoms with E-state index in [1.807, 2.05) is 0 Å². The van der Waals surface area contributed by atoms with E-state index in [1.54, 1.807) is 19.2 Å². The zero-order valence-electron chi connectivity index (χ0n) is 11.3. The van der Waals surface area contributed by atoms with Crippen molar-refractivity contribution in [2.45, 2.75) is 11.4 Å². The Morgan fingerprint density at radius 2 is 2.00 bits per heavy atom. The number of tetrazole rings is 1. The maximum Gasteiger partial charge on any atom is 0.240 e. The molecule has 0 atom stereocenters. The van der Waals surface area contributed by atoms with Gasteiger partial charge in [0.2, 0.25) is 10.0 Å². The van der Waals surface area contributed by atoms with Gasteiger partial charge in [-0.25, -0.2) is 13.1 Å². The molecule has 10 heteroatoms. The molecule has 0 unspecified atom stereocenters. The molecule has 0 radical (unpaired) electrons. The van der Waals surface area contributed by atoms with Gasteiger partial charge in [-0.3, -0.25) is 0 Å². The summed E-state index contributed by atoms with van der Waals surface area (Å²) in [7, 11) is -2.05. The molecule has 2 aromatic rings. The molecule has 1 heterocycles. The zero-order chi connectivity index (χ0) is 15.1. The van der Waals surface area contributed by atoms with Gasteiger partial charge in [0.25, 0.3) is 0 Å². The van der Waals surface area contributed by atoms with Crippen LogP contribution in [0.4, 0.5) is 0 Å². The van der Waals surface area contributed by atoms with Gasteiger partial charge in [0.05, 0.1) is 18.0 Å². The number of methoxy groups -OCH3 is 1. The molecule has 1 aromatic heterocycles. The van der Waals surface area contributed by atoms with Gasteiger partial charge in [0, 0.05) is 7.11 Å². The van der Waals surface area contributed by atoms with E-state index in [-0.39, 0.29) is 17.3 Å². The van der Waals surface area contributed by atoms with Crippen molar-refractivity contribution in [3.8, 4) is 5.75 Å². The molecule has 1 aromatic carbocycles. The van der Waals surface area contributed by atoms with Gasteiger partial charge in [-0.05, 0) is 24.3 Å². The Morgan fingerprint density at radius 3 is 2.62 bits per heavy atom. The van der Waals surface area contributed by atoms with E-state index >= 15 is 0 Å². The van der Waals surface area contributed by atoms with Gasteiger partial charge in [-0.1, -0.05) is 5.21 Å². The molecular formula is C11H15N5O4S. The Hall–Kier alpha value is -2.04. The molecule has 0 saturated carbocycles. The van der Waals surface area contributed by atoms with Crippen LogP contribution in [0, 0.1) is 0 Å². The van der Waals surface area contributed by atoms with Gasteiger partial charge in [0.15, 0.2) is 5.82 Å². The topological polar surface area (TPSA) is 119 Å². The minimum Gasteiger partial charge on any atom is -0.491 e. The summed E-state index contributed by atoms with van der Waals surface area (Å²) in [6, 6.07) is 6.08. The predicted octanol–water partition coefficient (Wildman–Crippen LogP) is -0.297. The molecule has 0 saturated heterocycles. The summed E-state index contributed by atoms with van der Waals surface area (Å²) in [6.07, 6.45) is 0. The zero-order valence-corrected chi connectivity index (χ0v) is 12.1. The van der Waals surface area contributed by atoms with E-state index in [9.17, 15) is 8.42 Å². The summed E-state index contributed by atoms with van der Waals surface area (Å²) in [5.41, 5.74) is 0. The number of aromatic amines is 1. The van der Waals surface area contributed by atoms with Crippen molar-refractivity contribution in [3.05, 3.63) is 30.1 Å². The molecule has 0 spiro atoms. The summed E-state index contributed by atoms with van der Waals surface area (Å²) >= 11 is 0. The Kier molecular flexibility index (Phi) is 5.20. The van der Waals surface area contributed by atoms with E-state index in [4.69, 9.17) is 9.47 Å². The Bertz CT molecular complexity index is 642. The summed E-state index contributed by atoms with van der Waals surface area (Å²) in [4.78, 5) is 0.130. The number of nitrogens with zero attached hydrogens (tertiary/aromatic N) is 3. The number of hydrogen-bond donors (Lipinski definition) is 2. The van der Waals surface area contributed by atoms with E-state index in [1.165, 1.54) is 12.1 Å². The van der Waals surface area contributed by atoms with Crippen LogP contribution in [0.3, 0.4) is 0 Å². The molecule has 114 valence electrons. The van der Waals surface area contributed by atoms with E-state index in [2.05, 4.69) is 25.3 Å². The summed E-state index contributed by atoms with van der Waals surface area (Å²) in [5.74, 6) is 0.835. The van der Waals surface area contributed by atoms with Crippen LogP contribution in [0.2, 0.25) is 0 Å². The third-order valence-electron chi connectivity index (χ3n) is 2.50. The number of rotatable bonds is 8. The van der Waals surface area contributed by atoms with E-state index in [0.717, 1.165) is 0 Å². The third kappa shape index (κ3) is 4.48. The standard InChI is InChI=1S/C11H15N5O4S/c1-19-6-7-20-9-2-4-10(5-3-9)21(17,18)12-8-11-13-15-16-14-11/h2-5,12H,6-8H2,1H3,(H,13,14,15,16). The summed E-state index contributed by atoms with van der Waals surface area (Å²) < 4.78 is 36.7. The molecule has 0 aliphatic carbocycles. The molecule has 0 bridgehead atoms. The highest BCUT2D eigenvalue weighted by molar-refractivity contribution is 7.89. The number of sulfonamides is 1. The lowest BCUT2D eigenvalue weighted by atomic mass is 10.3. The fourth-order valence-corrected chi connectivity index (χ4v) is 2.44. The quantitative estimate of drug-likeness (QED) is 0.642. The van der Waals surface area contributed by atoms with Crippen LogP contribution in [0.1, 0.15) is 5.82 Å². The van der Waals surface area contributed by atoms with E-state index in [0.29, 0.717) is 19.0 Å². The molecule has 2 N–H and O–H groups in total. The lowest BCUT2D eigenvalue weighted by molar-refractivity contribution is 0.146. The average molecular weight is 313 g/mol. The first kappa shape index (κ1) is 15.4. The number of benzene rings is 1. The SMILES string of the molecule is COCCOc1ccc(S(=O)(=O)NCc2nn[nH]n2)cc1. The summed E-state index contributed by atoms with van der Waals surface area (Å²) in [6.45, 7) is 0.829. The third-order valence-corrected chi connectivity index (χ3v) is 3.92. The highest BCUT2D eigenvalue weighted by Crippen LogP contribution is 2.15. The van der Waals surface area contributed by atoms with Crippen LogP contribution in [0.15, 0.2) is 29.2 Å². The highest BCUT2D eigenvalue weighted by Gasteiger charge is 2.14. The number of ether oxygens (including phenoxy) is 2. The normalized spacial score (nSPS) is 11.5. The first-order chi connectivity index (χ1) is 10.1. The van der Waals surface area contributed by atoms with Crippen LogP contribution in [0.5, 0.6) is 5.75 Å². The first-order valence-electron chi connectivity index (χ1n) is 6.05. The molecule has 2 rings (SSSR count). The second-order valence-electron chi connectivity index (χ2n) is 3.97. The number of hydrogen-bond acceptors (Lipinski definition) is 7. The molecule has 0 aliphatic heterocycles. The maximum atomic E-state index is 12.0.